The summed E-state index contributed by atoms with van der Waals surface area (Å²) in [5.41, 5.74) is 3.85. The molecule has 5 aromatic rings. The molecule has 4 aliphatic heterocycles. The molecule has 0 spiro atoms. The van der Waals surface area contributed by atoms with Crippen LogP contribution in [-0.4, -0.2) is 121 Å². The number of alkyl halides is 2. The van der Waals surface area contributed by atoms with E-state index in [0.29, 0.717) is 51.3 Å². The summed E-state index contributed by atoms with van der Waals surface area (Å²) >= 11 is 0. The number of likely N-dealkylation sites (tertiary alicyclic amines) is 1. The van der Waals surface area contributed by atoms with E-state index in [-0.39, 0.29) is 36.8 Å². The van der Waals surface area contributed by atoms with Crippen molar-refractivity contribution in [1.82, 2.24) is 29.4 Å². The van der Waals surface area contributed by atoms with Crippen LogP contribution < -0.4 is 14.9 Å². The summed E-state index contributed by atoms with van der Waals surface area (Å²) < 4.78 is 85.4. The zero-order valence-electron chi connectivity index (χ0n) is 37.3. The molecule has 2 aromatic heterocycles. The van der Waals surface area contributed by atoms with Gasteiger partial charge >= 0.3 is 10.2 Å². The molecule has 68 heavy (non-hydrogen) atoms. The number of carbonyl (C=O) groups is 4. The number of aromatic nitrogens is 2. The quantitative estimate of drug-likeness (QED) is 0.0543. The highest BCUT2D eigenvalue weighted by Crippen LogP contribution is 2.36. The number of piperidine rings is 3. The van der Waals surface area contributed by atoms with Crippen LogP contribution in [-0.2, 0) is 26.3 Å². The maximum Gasteiger partial charge on any atom is 0.301 e. The van der Waals surface area contributed by atoms with Gasteiger partial charge in [-0.05, 0) is 117 Å². The fraction of sp³-hybridized carbons (Fsp3) is 0.408. The third kappa shape index (κ3) is 9.60. The predicted molar refractivity (Wildman–Crippen MR) is 248 cm³/mol. The Morgan fingerprint density at radius 3 is 2.35 bits per heavy atom. The normalized spacial score (nSPS) is 18.7. The molecule has 9 rings (SSSR count). The second kappa shape index (κ2) is 19.8. The summed E-state index contributed by atoms with van der Waals surface area (Å²) in [7, 11) is -4.58. The largest absolute Gasteiger partial charge is 0.372 e. The molecule has 3 fully saturated rings. The molecule has 0 saturated carbocycles. The highest BCUT2D eigenvalue weighted by molar-refractivity contribution is 7.90. The minimum atomic E-state index is -4.58. The number of hydrogen-bond donors (Lipinski definition) is 3. The molecule has 3 saturated heterocycles. The number of halogens is 4. The van der Waals surface area contributed by atoms with E-state index in [1.165, 1.54) is 11.8 Å². The topological polar surface area (TPSA) is 168 Å². The van der Waals surface area contributed by atoms with E-state index < -0.39 is 70.7 Å². The molecular formula is C49H52F4N8O6S. The van der Waals surface area contributed by atoms with Gasteiger partial charge in [0.15, 0.2) is 5.82 Å². The molecule has 1 unspecified atom stereocenters. The molecule has 3 N–H and O–H groups in total. The minimum absolute atomic E-state index is 0.0857. The van der Waals surface area contributed by atoms with E-state index in [0.717, 1.165) is 87.4 Å². The Kier molecular flexibility index (Phi) is 13.7. The Bertz CT molecular complexity index is 2850. The lowest BCUT2D eigenvalue weighted by Crippen LogP contribution is -2.52. The summed E-state index contributed by atoms with van der Waals surface area (Å²) in [6.45, 7) is 2.35. The molecule has 0 aliphatic carbocycles. The van der Waals surface area contributed by atoms with Crippen LogP contribution in [0.3, 0.4) is 0 Å². The number of hydrogen-bond acceptors (Lipinski definition) is 9. The van der Waals surface area contributed by atoms with Crippen LogP contribution in [0.2, 0.25) is 0 Å². The van der Waals surface area contributed by atoms with Gasteiger partial charge in [0.1, 0.15) is 24.2 Å². The number of anilines is 2. The Morgan fingerprint density at radius 1 is 0.868 bits per heavy atom. The highest BCUT2D eigenvalue weighted by Gasteiger charge is 2.39. The number of H-pyrrole nitrogens is 1. The van der Waals surface area contributed by atoms with Crippen LogP contribution in [0.1, 0.15) is 88.3 Å². The number of aromatic amines is 1. The molecule has 6 heterocycles. The third-order valence-corrected chi connectivity index (χ3v) is 15.4. The molecule has 358 valence electrons. The number of nitrogens with zero attached hydrogens (tertiary/aromatic N) is 5. The van der Waals surface area contributed by atoms with Gasteiger partial charge in [0, 0.05) is 85.8 Å². The number of benzene rings is 3. The number of imide groups is 1. The first-order chi connectivity index (χ1) is 32.8. The van der Waals surface area contributed by atoms with Gasteiger partial charge in [0.25, 0.3) is 5.91 Å². The lowest BCUT2D eigenvalue weighted by atomic mass is 9.87. The Morgan fingerprint density at radius 2 is 1.63 bits per heavy atom. The van der Waals surface area contributed by atoms with Crippen molar-refractivity contribution in [3.63, 3.8) is 0 Å². The summed E-state index contributed by atoms with van der Waals surface area (Å²) in [6, 6.07) is 16.8. The molecule has 3 amide bonds. The van der Waals surface area contributed by atoms with Crippen LogP contribution in [0.25, 0.3) is 22.2 Å². The van der Waals surface area contributed by atoms with E-state index in [1.54, 1.807) is 17.2 Å². The van der Waals surface area contributed by atoms with Gasteiger partial charge in [-0.3, -0.25) is 33.6 Å². The summed E-state index contributed by atoms with van der Waals surface area (Å²) in [5, 5.41) is 2.67. The number of amides is 3. The van der Waals surface area contributed by atoms with Crippen molar-refractivity contribution in [2.45, 2.75) is 63.5 Å². The van der Waals surface area contributed by atoms with Crippen molar-refractivity contribution in [3.05, 3.63) is 113 Å². The van der Waals surface area contributed by atoms with Crippen LogP contribution >= 0.6 is 0 Å². The minimum Gasteiger partial charge on any atom is -0.372 e. The number of carbonyl (C=O) groups excluding carboxylic acids is 4. The van der Waals surface area contributed by atoms with E-state index in [2.05, 4.69) is 37.2 Å². The first kappa shape index (κ1) is 46.9. The SMILES string of the molecule is O=C1CCC(N2Cc3cc(C4CCN(CC5CCN(c6ccc(-c7cnc8[nH]cc(C(=O)c9c(F)ccc(NS(=O)(=O)N(CCF)CCCF)c9F)c8c7)cc6)CC5)CC4)ccc3C2=O)C(=O)N1. The summed E-state index contributed by atoms with van der Waals surface area (Å²) in [6.07, 6.45) is 7.46. The number of ketones is 1. The molecule has 4 aliphatic rings. The number of fused-ring (bicyclic) bond motifs is 2. The standard InChI is InChI=1S/C49H52F4N8O6S/c50-16-1-18-60(23-17-51)68(66,67)57-41-9-8-40(52)44(45(41)53)46(63)39-27-55-47-38(39)25-34(26-54-47)31-2-5-36(6-3-31)59-21-12-30(13-22-59)28-58-19-14-32(15-20-58)33-4-7-37-35(24-33)29-61(49(37)65)42-10-11-43(62)56-48(42)64/h2-9,24-27,30,32,42,57H,1,10-23,28-29H2,(H,54,55)(H,56,62,64). The second-order valence-electron chi connectivity index (χ2n) is 18.0. The van der Waals surface area contributed by atoms with Crippen LogP contribution in [0.15, 0.2) is 73.1 Å². The lowest BCUT2D eigenvalue weighted by Gasteiger charge is -2.38. The summed E-state index contributed by atoms with van der Waals surface area (Å²) in [4.78, 5) is 65.0. The van der Waals surface area contributed by atoms with Gasteiger partial charge in [-0.1, -0.05) is 24.3 Å². The second-order valence-corrected chi connectivity index (χ2v) is 19.7. The number of nitrogens with one attached hydrogen (secondary N) is 3. The lowest BCUT2D eigenvalue weighted by molar-refractivity contribution is -0.136. The van der Waals surface area contributed by atoms with Gasteiger partial charge < -0.3 is 19.7 Å². The van der Waals surface area contributed by atoms with Gasteiger partial charge in [-0.15, -0.1) is 0 Å². The average Bonchev–Trinajstić information content (AvgIpc) is 3.91. The van der Waals surface area contributed by atoms with Gasteiger partial charge in [-0.25, -0.2) is 18.2 Å². The van der Waals surface area contributed by atoms with Crippen molar-refractivity contribution < 1.29 is 45.2 Å². The number of pyridine rings is 1. The highest BCUT2D eigenvalue weighted by atomic mass is 32.2. The van der Waals surface area contributed by atoms with Gasteiger partial charge in [0.05, 0.1) is 17.9 Å². The van der Waals surface area contributed by atoms with Crippen molar-refractivity contribution in [3.8, 4) is 11.1 Å². The first-order valence-corrected chi connectivity index (χ1v) is 24.5. The number of rotatable bonds is 16. The molecule has 19 heteroatoms. The first-order valence-electron chi connectivity index (χ1n) is 23.1. The van der Waals surface area contributed by atoms with Crippen molar-refractivity contribution >= 4 is 56.1 Å². The van der Waals surface area contributed by atoms with Crippen LogP contribution in [0.4, 0.5) is 28.9 Å². The van der Waals surface area contributed by atoms with Crippen molar-refractivity contribution in [1.29, 1.82) is 0 Å². The molecule has 0 bridgehead atoms. The Hall–Kier alpha value is -6.18. The predicted octanol–water partition coefficient (Wildman–Crippen LogP) is 6.88. The van der Waals surface area contributed by atoms with E-state index in [9.17, 15) is 36.4 Å². The van der Waals surface area contributed by atoms with Crippen LogP contribution in [0, 0.1) is 17.6 Å². The molecule has 14 nitrogen and oxygen atoms in total. The molecule has 3 aromatic carbocycles. The van der Waals surface area contributed by atoms with E-state index >= 15 is 8.78 Å². The summed E-state index contributed by atoms with van der Waals surface area (Å²) in [5.74, 6) is -3.61. The Labute approximate surface area is 391 Å². The zero-order valence-corrected chi connectivity index (χ0v) is 38.1. The zero-order chi connectivity index (χ0) is 47.7. The van der Waals surface area contributed by atoms with Gasteiger partial charge in [0.2, 0.25) is 17.6 Å². The van der Waals surface area contributed by atoms with E-state index in [4.69, 9.17) is 0 Å². The fourth-order valence-corrected chi connectivity index (χ4v) is 11.4. The van der Waals surface area contributed by atoms with Gasteiger partial charge in [-0.2, -0.15) is 12.7 Å². The maximum absolute atomic E-state index is 15.8. The smallest absolute Gasteiger partial charge is 0.301 e. The van der Waals surface area contributed by atoms with Crippen molar-refractivity contribution in [2.24, 2.45) is 5.92 Å². The average molecular weight is 957 g/mol. The maximum atomic E-state index is 15.8. The monoisotopic (exact) mass is 956 g/mol. The van der Waals surface area contributed by atoms with E-state index in [1.807, 2.05) is 35.1 Å². The fourth-order valence-electron chi connectivity index (χ4n) is 10.1. The van der Waals surface area contributed by atoms with Crippen molar-refractivity contribution in [2.75, 3.05) is 68.8 Å². The molecule has 1 atom stereocenters. The van der Waals surface area contributed by atoms with Crippen LogP contribution in [0.5, 0.6) is 0 Å². The molecule has 0 radical (unpaired) electrons. The molecular weight excluding hydrogens is 905 g/mol. The Balaban J connectivity index is 0.785. The third-order valence-electron chi connectivity index (χ3n) is 13.9.